The van der Waals surface area contributed by atoms with E-state index in [-0.39, 0.29) is 13.1 Å². The number of carbonyl (C=O) groups is 2. The van der Waals surface area contributed by atoms with Crippen molar-refractivity contribution < 1.29 is 15.4 Å². The van der Waals surface area contributed by atoms with Crippen LogP contribution in [0.2, 0.25) is 0 Å². The second-order valence-corrected chi connectivity index (χ2v) is 5.69. The zero-order chi connectivity index (χ0) is 16.7. The van der Waals surface area contributed by atoms with Crippen LogP contribution < -0.4 is 5.73 Å². The molecule has 2 amide bonds. The number of fused-ring (bicyclic) bond motifs is 1. The number of nitrogens with two attached hydrogens (primary N) is 1. The number of primary amides is 1. The topological polar surface area (TPSA) is 118 Å². The number of rotatable bonds is 3. The number of H-pyrrole nitrogens is 1. The summed E-state index contributed by atoms with van der Waals surface area (Å²) in [7, 11) is 0. The molecule has 1 atom stereocenters. The minimum Gasteiger partial charge on any atom is -0.449 e. The zero-order valence-electron chi connectivity index (χ0n) is 12.7. The van der Waals surface area contributed by atoms with Gasteiger partial charge in [0.2, 0.25) is 5.91 Å². The van der Waals surface area contributed by atoms with Gasteiger partial charge < -0.3 is 20.0 Å². The lowest BCUT2D eigenvalue weighted by Gasteiger charge is -2.20. The van der Waals surface area contributed by atoms with E-state index in [2.05, 4.69) is 15.0 Å². The van der Waals surface area contributed by atoms with Gasteiger partial charge in [0.05, 0.1) is 0 Å². The third-order valence-electron chi connectivity index (χ3n) is 4.25. The first-order chi connectivity index (χ1) is 11.6. The van der Waals surface area contributed by atoms with Gasteiger partial charge in [0.1, 0.15) is 23.7 Å². The Hall–Kier alpha value is -3.16. The van der Waals surface area contributed by atoms with E-state index in [4.69, 9.17) is 10.2 Å². The lowest BCUT2D eigenvalue weighted by Crippen LogP contribution is -2.43. The van der Waals surface area contributed by atoms with Gasteiger partial charge in [0.25, 0.3) is 5.91 Å². The van der Waals surface area contributed by atoms with Gasteiger partial charge in [0.15, 0.2) is 11.5 Å². The monoisotopic (exact) mass is 327 g/mol. The van der Waals surface area contributed by atoms with E-state index in [1.807, 2.05) is 6.07 Å². The summed E-state index contributed by atoms with van der Waals surface area (Å²) in [4.78, 5) is 36.9. The largest absolute Gasteiger partial charge is 0.449 e. The molecule has 4 rings (SSSR count). The molecule has 1 unspecified atom stereocenters. The summed E-state index contributed by atoms with van der Waals surface area (Å²) in [6.07, 6.45) is 4.54. The molecule has 1 aliphatic heterocycles. The van der Waals surface area contributed by atoms with Crippen LogP contribution in [0.3, 0.4) is 0 Å². The second-order valence-electron chi connectivity index (χ2n) is 5.69. The van der Waals surface area contributed by atoms with E-state index in [1.165, 1.54) is 11.2 Å². The van der Waals surface area contributed by atoms with Crippen LogP contribution in [0.4, 0.5) is 0 Å². The van der Waals surface area contributed by atoms with Gasteiger partial charge in [-0.15, -0.1) is 0 Å². The van der Waals surface area contributed by atoms with Crippen LogP contribution in [0.15, 0.2) is 35.1 Å². The van der Waals surface area contributed by atoms with Crippen molar-refractivity contribution in [2.45, 2.75) is 18.9 Å². The number of likely N-dealkylation sites (tertiary alicyclic amines) is 1. The molecule has 0 aromatic carbocycles. The Labute approximate surface area is 138 Å². The molecule has 0 aliphatic carbocycles. The van der Waals surface area contributed by atoms with E-state index in [1.54, 1.807) is 18.3 Å². The molecule has 124 valence electrons. The van der Waals surface area contributed by atoms with E-state index in [0.29, 0.717) is 30.1 Å². The number of aromatic nitrogens is 3. The second kappa shape index (κ2) is 5.48. The molecule has 3 aromatic rings. The lowest BCUT2D eigenvalue weighted by atomic mass is 10.2. The fraction of sp³-hybridized carbons (Fsp3) is 0.250. The van der Waals surface area contributed by atoms with Crippen molar-refractivity contribution in [2.24, 2.45) is 5.73 Å². The van der Waals surface area contributed by atoms with Crippen molar-refractivity contribution in [3.8, 4) is 11.5 Å². The summed E-state index contributed by atoms with van der Waals surface area (Å²) in [6, 6.07) is 4.56. The maximum atomic E-state index is 12.6. The molecule has 0 saturated carbocycles. The molecule has 0 radical (unpaired) electrons. The normalized spacial score (nSPS) is 17.5. The summed E-state index contributed by atoms with van der Waals surface area (Å²) in [5.74, 6) is -0.181. The average Bonchev–Trinajstić information content (AvgIpc) is 3.31. The molecule has 0 bridgehead atoms. The van der Waals surface area contributed by atoms with Crippen LogP contribution >= 0.6 is 0 Å². The lowest BCUT2D eigenvalue weighted by molar-refractivity contribution is -0.121. The number of nitrogens with zero attached hydrogens (tertiary/aromatic N) is 3. The third kappa shape index (κ3) is 2.23. The van der Waals surface area contributed by atoms with Crippen LogP contribution in [0, 0.1) is 0 Å². The van der Waals surface area contributed by atoms with Gasteiger partial charge in [-0.25, -0.2) is 9.97 Å². The average molecular weight is 327 g/mol. The molecule has 8 nitrogen and oxygen atoms in total. The van der Waals surface area contributed by atoms with Crippen molar-refractivity contribution in [2.75, 3.05) is 6.54 Å². The van der Waals surface area contributed by atoms with Crippen LogP contribution in [-0.4, -0.2) is 44.3 Å². The summed E-state index contributed by atoms with van der Waals surface area (Å²) >= 11 is 0. The smallest absolute Gasteiger partial charge is 0.290 e. The van der Waals surface area contributed by atoms with Gasteiger partial charge in [0, 0.05) is 19.6 Å². The van der Waals surface area contributed by atoms with E-state index >= 15 is 0 Å². The Morgan fingerprint density at radius 1 is 1.33 bits per heavy atom. The van der Waals surface area contributed by atoms with Crippen molar-refractivity contribution in [3.05, 3.63) is 36.5 Å². The Balaban J connectivity index is 0.00000182. The highest BCUT2D eigenvalue weighted by atomic mass is 16.4. The number of amides is 2. The van der Waals surface area contributed by atoms with Crippen molar-refractivity contribution in [1.82, 2.24) is 19.9 Å². The van der Waals surface area contributed by atoms with Gasteiger partial charge in [-0.05, 0) is 31.0 Å². The first-order valence-corrected chi connectivity index (χ1v) is 7.64. The maximum Gasteiger partial charge on any atom is 0.290 e. The number of aromatic amines is 1. The molecule has 1 saturated heterocycles. The van der Waals surface area contributed by atoms with Crippen molar-refractivity contribution in [3.63, 3.8) is 0 Å². The molecule has 1 aliphatic rings. The molecule has 24 heavy (non-hydrogen) atoms. The standard InChI is InChI=1S/C16H15N5O3.H2/c17-14(22)10-2-1-7-21(10)16(23)12-4-3-11(24-12)13-9-5-6-18-15(9)20-8-19-13;/h3-6,8,10H,1-2,7H2,(H2,17,22)(H,18,19,20);1H. The van der Waals surface area contributed by atoms with E-state index in [9.17, 15) is 9.59 Å². The fourth-order valence-electron chi connectivity index (χ4n) is 3.10. The highest BCUT2D eigenvalue weighted by molar-refractivity contribution is 5.96. The Bertz CT molecular complexity index is 935. The third-order valence-corrected chi connectivity index (χ3v) is 4.25. The minimum atomic E-state index is -0.568. The molecular formula is C16H17N5O3. The van der Waals surface area contributed by atoms with Gasteiger partial charge >= 0.3 is 0 Å². The molecule has 3 aromatic heterocycles. The number of carbonyl (C=O) groups excluding carboxylic acids is 2. The van der Waals surface area contributed by atoms with Crippen molar-refractivity contribution in [1.29, 1.82) is 0 Å². The summed E-state index contributed by atoms with van der Waals surface area (Å²) in [6.45, 7) is 0.498. The zero-order valence-corrected chi connectivity index (χ0v) is 12.7. The van der Waals surface area contributed by atoms with Crippen LogP contribution in [0.5, 0.6) is 0 Å². The fourth-order valence-corrected chi connectivity index (χ4v) is 3.10. The summed E-state index contributed by atoms with van der Waals surface area (Å²) < 4.78 is 5.70. The molecule has 3 N–H and O–H groups in total. The predicted molar refractivity (Wildman–Crippen MR) is 87.0 cm³/mol. The highest BCUT2D eigenvalue weighted by Crippen LogP contribution is 2.28. The number of nitrogens with one attached hydrogen (secondary N) is 1. The van der Waals surface area contributed by atoms with Crippen LogP contribution in [0.1, 0.15) is 24.8 Å². The van der Waals surface area contributed by atoms with Crippen molar-refractivity contribution >= 4 is 22.8 Å². The van der Waals surface area contributed by atoms with Gasteiger partial charge in [-0.3, -0.25) is 9.59 Å². The molecule has 1 fully saturated rings. The maximum absolute atomic E-state index is 12.6. The molecule has 4 heterocycles. The van der Waals surface area contributed by atoms with E-state index < -0.39 is 11.9 Å². The van der Waals surface area contributed by atoms with E-state index in [0.717, 1.165) is 11.8 Å². The predicted octanol–water partition coefficient (Wildman–Crippen LogP) is 1.55. The van der Waals surface area contributed by atoms with Gasteiger partial charge in [-0.1, -0.05) is 0 Å². The summed E-state index contributed by atoms with van der Waals surface area (Å²) in [5.41, 5.74) is 6.66. The first-order valence-electron chi connectivity index (χ1n) is 7.64. The SMILES string of the molecule is NC(=O)C1CCCN1C(=O)c1ccc(-c2ncnc3[nH]ccc23)o1.[HH]. The van der Waals surface area contributed by atoms with Crippen LogP contribution in [0.25, 0.3) is 22.5 Å². The Morgan fingerprint density at radius 2 is 2.21 bits per heavy atom. The number of hydrogen-bond donors (Lipinski definition) is 2. The minimum absolute atomic E-state index is 0. The first kappa shape index (κ1) is 14.4. The Morgan fingerprint density at radius 3 is 3.04 bits per heavy atom. The highest BCUT2D eigenvalue weighted by Gasteiger charge is 2.34. The molecular weight excluding hydrogens is 310 g/mol. The quantitative estimate of drug-likeness (QED) is 0.756. The molecule has 8 heteroatoms. The summed E-state index contributed by atoms with van der Waals surface area (Å²) in [5, 5.41) is 0.807. The van der Waals surface area contributed by atoms with Gasteiger partial charge in [-0.2, -0.15) is 0 Å². The Kier molecular flexibility index (Phi) is 3.30. The molecule has 0 spiro atoms. The number of furan rings is 1. The van der Waals surface area contributed by atoms with Crippen LogP contribution in [-0.2, 0) is 4.79 Å². The number of hydrogen-bond acceptors (Lipinski definition) is 5.